The molecule has 0 radical (unpaired) electrons. The Balaban J connectivity index is 1.83. The van der Waals surface area contributed by atoms with Gasteiger partial charge in [-0.05, 0) is 46.3 Å². The second-order valence-electron chi connectivity index (χ2n) is 5.78. The Kier molecular flexibility index (Phi) is 4.73. The van der Waals surface area contributed by atoms with E-state index in [0.717, 1.165) is 18.7 Å². The number of nitrogens with zero attached hydrogens (tertiary/aromatic N) is 2. The summed E-state index contributed by atoms with van der Waals surface area (Å²) in [5.74, 6) is 0. The summed E-state index contributed by atoms with van der Waals surface area (Å²) in [5, 5.41) is 14.4. The van der Waals surface area contributed by atoms with Crippen molar-refractivity contribution in [2.24, 2.45) is 0 Å². The van der Waals surface area contributed by atoms with Gasteiger partial charge in [0.15, 0.2) is 0 Å². The highest BCUT2D eigenvalue weighted by Crippen LogP contribution is 2.35. The molecule has 0 unspecified atom stereocenters. The molecule has 1 aliphatic rings. The summed E-state index contributed by atoms with van der Waals surface area (Å²) >= 11 is 0. The number of nitrogens with one attached hydrogen (secondary N) is 1. The van der Waals surface area contributed by atoms with Crippen molar-refractivity contribution in [2.45, 2.75) is 31.2 Å². The monoisotopic (exact) mass is 277 g/mol. The lowest BCUT2D eigenvalue weighted by Gasteiger charge is -2.47. The minimum atomic E-state index is -0.303. The number of rotatable bonds is 7. The Morgan fingerprint density at radius 1 is 1.35 bits per heavy atom. The minimum absolute atomic E-state index is 0.222. The van der Waals surface area contributed by atoms with Gasteiger partial charge >= 0.3 is 0 Å². The van der Waals surface area contributed by atoms with Crippen LogP contribution < -0.4 is 5.32 Å². The third kappa shape index (κ3) is 3.16. The average molecular weight is 277 g/mol. The second-order valence-corrected chi connectivity index (χ2v) is 5.78. The minimum Gasteiger partial charge on any atom is -0.315 e. The number of hydrogen-bond acceptors (Lipinski definition) is 4. The van der Waals surface area contributed by atoms with E-state index in [1.165, 1.54) is 19.3 Å². The lowest BCUT2D eigenvalue weighted by Crippen LogP contribution is -2.56. The van der Waals surface area contributed by atoms with Crippen LogP contribution in [-0.2, 0) is 6.42 Å². The number of likely N-dealkylation sites (N-methyl/N-ethyl adjacent to an activating group) is 1. The van der Waals surface area contributed by atoms with Gasteiger partial charge in [-0.3, -0.25) is 10.1 Å². The predicted octanol–water partition coefficient (Wildman–Crippen LogP) is 2.21. The van der Waals surface area contributed by atoms with Gasteiger partial charge in [0.25, 0.3) is 5.69 Å². The van der Waals surface area contributed by atoms with Crippen molar-refractivity contribution >= 4 is 5.69 Å². The first-order valence-corrected chi connectivity index (χ1v) is 7.16. The van der Waals surface area contributed by atoms with Crippen molar-refractivity contribution in [1.29, 1.82) is 0 Å². The van der Waals surface area contributed by atoms with E-state index in [1.54, 1.807) is 12.1 Å². The molecule has 0 saturated heterocycles. The summed E-state index contributed by atoms with van der Waals surface area (Å²) in [7, 11) is 4.26. The molecule has 1 aromatic carbocycles. The molecule has 1 aliphatic carbocycles. The van der Waals surface area contributed by atoms with Crippen LogP contribution in [0.4, 0.5) is 5.69 Å². The number of benzene rings is 1. The maximum absolute atomic E-state index is 10.9. The van der Waals surface area contributed by atoms with Crippen LogP contribution in [-0.4, -0.2) is 42.5 Å². The molecule has 5 nitrogen and oxygen atoms in total. The standard InChI is InChI=1S/C15H23N3O2/c1-17(2)15(9-5-10-15)12-16-11-8-13-6-3-4-7-14(13)18(19)20/h3-4,6-7,16H,5,8-12H2,1-2H3. The first kappa shape index (κ1) is 14.9. The van der Waals surface area contributed by atoms with Crippen molar-refractivity contribution in [1.82, 2.24) is 10.2 Å². The van der Waals surface area contributed by atoms with E-state index in [0.29, 0.717) is 12.0 Å². The van der Waals surface area contributed by atoms with Gasteiger partial charge in [0.05, 0.1) is 4.92 Å². The summed E-state index contributed by atoms with van der Waals surface area (Å²) in [6.07, 6.45) is 4.46. The fraction of sp³-hybridized carbons (Fsp3) is 0.600. The van der Waals surface area contributed by atoms with Gasteiger partial charge < -0.3 is 10.2 Å². The third-order valence-electron chi connectivity index (χ3n) is 4.45. The van der Waals surface area contributed by atoms with Crippen molar-refractivity contribution in [3.05, 3.63) is 39.9 Å². The summed E-state index contributed by atoms with van der Waals surface area (Å²) < 4.78 is 0. The maximum Gasteiger partial charge on any atom is 0.272 e. The molecule has 2 rings (SSSR count). The fourth-order valence-corrected chi connectivity index (χ4v) is 2.81. The van der Waals surface area contributed by atoms with Crippen LogP contribution in [0.3, 0.4) is 0 Å². The largest absolute Gasteiger partial charge is 0.315 e. The summed E-state index contributed by atoms with van der Waals surface area (Å²) in [6, 6.07) is 6.98. The van der Waals surface area contributed by atoms with Crippen LogP contribution >= 0.6 is 0 Å². The van der Waals surface area contributed by atoms with Crippen LogP contribution in [0.2, 0.25) is 0 Å². The Labute approximate surface area is 120 Å². The molecule has 5 heteroatoms. The van der Waals surface area contributed by atoms with Crippen molar-refractivity contribution in [2.75, 3.05) is 27.2 Å². The molecular formula is C15H23N3O2. The third-order valence-corrected chi connectivity index (χ3v) is 4.45. The topological polar surface area (TPSA) is 58.4 Å². The van der Waals surface area contributed by atoms with Crippen molar-refractivity contribution in [3.63, 3.8) is 0 Å². The average Bonchev–Trinajstić information content (AvgIpc) is 2.36. The van der Waals surface area contributed by atoms with E-state index in [9.17, 15) is 10.1 Å². The highest BCUT2D eigenvalue weighted by Gasteiger charge is 2.38. The predicted molar refractivity (Wildman–Crippen MR) is 79.9 cm³/mol. The number of nitro groups is 1. The summed E-state index contributed by atoms with van der Waals surface area (Å²) in [6.45, 7) is 1.74. The van der Waals surface area contributed by atoms with Crippen molar-refractivity contribution < 1.29 is 4.92 Å². The molecule has 0 amide bonds. The second kappa shape index (κ2) is 6.33. The normalized spacial score (nSPS) is 16.9. The van der Waals surface area contributed by atoms with Gasteiger partial charge in [0.1, 0.15) is 0 Å². The number of nitro benzene ring substituents is 1. The first-order valence-electron chi connectivity index (χ1n) is 7.16. The molecule has 0 aromatic heterocycles. The summed E-state index contributed by atoms with van der Waals surface area (Å²) in [5.41, 5.74) is 1.32. The maximum atomic E-state index is 10.9. The van der Waals surface area contributed by atoms with Crippen LogP contribution in [0.25, 0.3) is 0 Å². The van der Waals surface area contributed by atoms with E-state index < -0.39 is 0 Å². The van der Waals surface area contributed by atoms with E-state index in [1.807, 2.05) is 12.1 Å². The molecule has 0 atom stereocenters. The highest BCUT2D eigenvalue weighted by atomic mass is 16.6. The Morgan fingerprint density at radius 2 is 2.05 bits per heavy atom. The zero-order valence-corrected chi connectivity index (χ0v) is 12.3. The van der Waals surface area contributed by atoms with Crippen LogP contribution in [0.15, 0.2) is 24.3 Å². The molecule has 1 aromatic rings. The first-order chi connectivity index (χ1) is 9.55. The zero-order valence-electron chi connectivity index (χ0n) is 12.3. The molecule has 110 valence electrons. The molecule has 1 fully saturated rings. The van der Waals surface area contributed by atoms with E-state index >= 15 is 0 Å². The smallest absolute Gasteiger partial charge is 0.272 e. The molecular weight excluding hydrogens is 254 g/mol. The molecule has 20 heavy (non-hydrogen) atoms. The van der Waals surface area contributed by atoms with Gasteiger partial charge in [0.2, 0.25) is 0 Å². The van der Waals surface area contributed by atoms with E-state index in [4.69, 9.17) is 0 Å². The van der Waals surface area contributed by atoms with Crippen LogP contribution in [0.1, 0.15) is 24.8 Å². The van der Waals surface area contributed by atoms with E-state index in [-0.39, 0.29) is 10.6 Å². The lowest BCUT2D eigenvalue weighted by atomic mass is 9.75. The number of hydrogen-bond donors (Lipinski definition) is 1. The van der Waals surface area contributed by atoms with Gasteiger partial charge in [-0.15, -0.1) is 0 Å². The molecule has 0 heterocycles. The molecule has 0 spiro atoms. The Morgan fingerprint density at radius 3 is 2.60 bits per heavy atom. The van der Waals surface area contributed by atoms with Gasteiger partial charge in [-0.1, -0.05) is 18.2 Å². The quantitative estimate of drug-likeness (QED) is 0.471. The molecule has 0 aliphatic heterocycles. The van der Waals surface area contributed by atoms with E-state index in [2.05, 4.69) is 24.3 Å². The highest BCUT2D eigenvalue weighted by molar-refractivity contribution is 5.39. The number of para-hydroxylation sites is 1. The SMILES string of the molecule is CN(C)C1(CNCCc2ccccc2[N+](=O)[O-])CCC1. The van der Waals surface area contributed by atoms with Crippen LogP contribution in [0.5, 0.6) is 0 Å². The van der Waals surface area contributed by atoms with Crippen LogP contribution in [0, 0.1) is 10.1 Å². The fourth-order valence-electron chi connectivity index (χ4n) is 2.81. The van der Waals surface area contributed by atoms with Gasteiger partial charge in [-0.2, -0.15) is 0 Å². The Bertz CT molecular complexity index is 470. The lowest BCUT2D eigenvalue weighted by molar-refractivity contribution is -0.385. The Hall–Kier alpha value is -1.46. The molecule has 1 N–H and O–H groups in total. The van der Waals surface area contributed by atoms with Crippen molar-refractivity contribution in [3.8, 4) is 0 Å². The summed E-state index contributed by atoms with van der Waals surface area (Å²) in [4.78, 5) is 12.9. The van der Waals surface area contributed by atoms with Gasteiger partial charge in [-0.25, -0.2) is 0 Å². The molecule has 1 saturated carbocycles. The molecule has 0 bridgehead atoms. The zero-order chi connectivity index (χ0) is 14.6. The van der Waals surface area contributed by atoms with Gasteiger partial charge in [0, 0.05) is 23.7 Å².